The Balaban J connectivity index is 1.33. The van der Waals surface area contributed by atoms with Crippen molar-refractivity contribution in [3.05, 3.63) is 35.4 Å². The monoisotopic (exact) mass is 426 g/mol. The normalized spacial score (nSPS) is 22.7. The average Bonchev–Trinajstić information content (AvgIpc) is 3.03. The Morgan fingerprint density at radius 2 is 1.71 bits per heavy atom. The third-order valence-electron chi connectivity index (χ3n) is 7.78. The van der Waals surface area contributed by atoms with Crippen LogP contribution in [0.2, 0.25) is 0 Å². The molecule has 4 rings (SSSR count). The summed E-state index contributed by atoms with van der Waals surface area (Å²) < 4.78 is 0. The highest BCUT2D eigenvalue weighted by atomic mass is 16.2. The van der Waals surface area contributed by atoms with Gasteiger partial charge in [0.15, 0.2) is 0 Å². The summed E-state index contributed by atoms with van der Waals surface area (Å²) >= 11 is 0. The number of nitrogens with zero attached hydrogens (tertiary/aromatic N) is 4. The minimum absolute atomic E-state index is 0.165. The number of piperazine rings is 1. The molecule has 0 bridgehead atoms. The van der Waals surface area contributed by atoms with E-state index in [4.69, 9.17) is 0 Å². The van der Waals surface area contributed by atoms with E-state index in [1.54, 1.807) is 0 Å². The lowest BCUT2D eigenvalue weighted by Crippen LogP contribution is -2.55. The van der Waals surface area contributed by atoms with E-state index in [0.29, 0.717) is 12.6 Å². The van der Waals surface area contributed by atoms with Crippen LogP contribution in [0.1, 0.15) is 62.4 Å². The highest BCUT2D eigenvalue weighted by Crippen LogP contribution is 2.45. The van der Waals surface area contributed by atoms with Gasteiger partial charge in [-0.25, -0.2) is 0 Å². The molecule has 1 atom stereocenters. The van der Waals surface area contributed by atoms with Crippen LogP contribution in [-0.4, -0.2) is 89.8 Å². The predicted molar refractivity (Wildman–Crippen MR) is 123 cm³/mol. The van der Waals surface area contributed by atoms with Gasteiger partial charge in [-0.15, -0.1) is 0 Å². The van der Waals surface area contributed by atoms with E-state index in [-0.39, 0.29) is 17.4 Å². The zero-order valence-electron chi connectivity index (χ0n) is 19.5. The van der Waals surface area contributed by atoms with Gasteiger partial charge in [0.05, 0.1) is 12.1 Å². The van der Waals surface area contributed by atoms with Crippen molar-refractivity contribution >= 4 is 11.8 Å². The van der Waals surface area contributed by atoms with Gasteiger partial charge in [-0.2, -0.15) is 0 Å². The van der Waals surface area contributed by atoms with E-state index in [0.717, 1.165) is 64.2 Å². The topological polar surface area (TPSA) is 47.1 Å². The molecule has 3 aliphatic heterocycles. The van der Waals surface area contributed by atoms with Crippen LogP contribution in [-0.2, 0) is 10.3 Å². The van der Waals surface area contributed by atoms with E-state index < -0.39 is 0 Å². The smallest absolute Gasteiger partial charge is 0.254 e. The van der Waals surface area contributed by atoms with E-state index in [2.05, 4.69) is 41.5 Å². The summed E-state index contributed by atoms with van der Waals surface area (Å²) in [5, 5.41) is 0. The fraction of sp³-hybridized carbons (Fsp3) is 0.680. The van der Waals surface area contributed by atoms with Crippen LogP contribution in [0, 0.1) is 0 Å². The van der Waals surface area contributed by atoms with Gasteiger partial charge in [-0.1, -0.05) is 31.5 Å². The Hall–Kier alpha value is -1.92. The minimum atomic E-state index is -0.191. The molecule has 3 aliphatic rings. The van der Waals surface area contributed by atoms with Crippen LogP contribution in [0.15, 0.2) is 24.3 Å². The Labute approximate surface area is 187 Å². The molecule has 6 nitrogen and oxygen atoms in total. The summed E-state index contributed by atoms with van der Waals surface area (Å²) in [4.78, 5) is 34.8. The van der Waals surface area contributed by atoms with Gasteiger partial charge in [-0.3, -0.25) is 19.4 Å². The fourth-order valence-corrected chi connectivity index (χ4v) is 5.93. The molecule has 1 aromatic rings. The zero-order chi connectivity index (χ0) is 22.0. The van der Waals surface area contributed by atoms with Crippen molar-refractivity contribution in [2.45, 2.75) is 58.0 Å². The van der Waals surface area contributed by atoms with Crippen molar-refractivity contribution in [3.8, 4) is 0 Å². The molecule has 1 unspecified atom stereocenters. The lowest BCUT2D eigenvalue weighted by molar-refractivity contribution is -0.135. The second-order valence-corrected chi connectivity index (χ2v) is 9.46. The minimum Gasteiger partial charge on any atom is -0.339 e. The molecule has 2 saturated heterocycles. The van der Waals surface area contributed by atoms with Crippen molar-refractivity contribution < 1.29 is 9.59 Å². The SMILES string of the molecule is CCCC(C)N1CCN(C(=O)CN2CCC3(CC2)c2ccccc2C(=O)N3CC)CC1. The first kappa shape index (κ1) is 22.3. The van der Waals surface area contributed by atoms with Gasteiger partial charge in [0, 0.05) is 57.4 Å². The molecule has 2 amide bonds. The number of hydrogen-bond donors (Lipinski definition) is 0. The van der Waals surface area contributed by atoms with E-state index in [1.807, 2.05) is 23.1 Å². The summed E-state index contributed by atoms with van der Waals surface area (Å²) in [5.74, 6) is 0.423. The molecule has 0 radical (unpaired) electrons. The van der Waals surface area contributed by atoms with Crippen molar-refractivity contribution in [2.24, 2.45) is 0 Å². The third kappa shape index (κ3) is 4.12. The molecule has 170 valence electrons. The maximum Gasteiger partial charge on any atom is 0.254 e. The Kier molecular flexibility index (Phi) is 6.68. The van der Waals surface area contributed by atoms with Gasteiger partial charge in [0.2, 0.25) is 5.91 Å². The molecule has 1 spiro atoms. The third-order valence-corrected chi connectivity index (χ3v) is 7.78. The molecule has 6 heteroatoms. The van der Waals surface area contributed by atoms with Crippen molar-refractivity contribution in [2.75, 3.05) is 52.4 Å². The van der Waals surface area contributed by atoms with Crippen molar-refractivity contribution in [1.29, 1.82) is 0 Å². The summed E-state index contributed by atoms with van der Waals surface area (Å²) in [6.07, 6.45) is 4.24. The Morgan fingerprint density at radius 3 is 2.35 bits per heavy atom. The number of fused-ring (bicyclic) bond motifs is 2. The molecule has 31 heavy (non-hydrogen) atoms. The molecule has 3 heterocycles. The molecule has 2 fully saturated rings. The Bertz CT molecular complexity index is 794. The summed E-state index contributed by atoms with van der Waals surface area (Å²) in [6.45, 7) is 13.2. The van der Waals surface area contributed by atoms with Gasteiger partial charge in [0.25, 0.3) is 5.91 Å². The maximum absolute atomic E-state index is 13.0. The lowest BCUT2D eigenvalue weighted by Gasteiger charge is -2.45. The van der Waals surface area contributed by atoms with Gasteiger partial charge >= 0.3 is 0 Å². The van der Waals surface area contributed by atoms with Gasteiger partial charge < -0.3 is 9.80 Å². The Morgan fingerprint density at radius 1 is 1.03 bits per heavy atom. The number of rotatable bonds is 6. The fourth-order valence-electron chi connectivity index (χ4n) is 5.93. The standard InChI is InChI=1S/C25H38N4O2/c1-4-8-20(3)27-15-17-28(18-16-27)23(30)19-26-13-11-25(12-14-26)22-10-7-6-9-21(22)24(31)29(25)5-2/h6-7,9-10,20H,4-5,8,11-19H2,1-3H3. The molecule has 0 aliphatic carbocycles. The summed E-state index contributed by atoms with van der Waals surface area (Å²) in [5.41, 5.74) is 1.86. The van der Waals surface area contributed by atoms with Crippen molar-refractivity contribution in [3.63, 3.8) is 0 Å². The first-order valence-electron chi connectivity index (χ1n) is 12.2. The average molecular weight is 427 g/mol. The van der Waals surface area contributed by atoms with Crippen LogP contribution in [0.4, 0.5) is 0 Å². The number of likely N-dealkylation sites (tertiary alicyclic amines) is 1. The summed E-state index contributed by atoms with van der Waals surface area (Å²) in [6, 6.07) is 8.71. The van der Waals surface area contributed by atoms with E-state index in [9.17, 15) is 9.59 Å². The van der Waals surface area contributed by atoms with Crippen LogP contribution in [0.5, 0.6) is 0 Å². The second kappa shape index (κ2) is 9.29. The van der Waals surface area contributed by atoms with Crippen LogP contribution in [0.3, 0.4) is 0 Å². The molecule has 0 saturated carbocycles. The number of carbonyl (C=O) groups excluding carboxylic acids is 2. The van der Waals surface area contributed by atoms with Gasteiger partial charge in [-0.05, 0) is 44.7 Å². The summed E-state index contributed by atoms with van der Waals surface area (Å²) in [7, 11) is 0. The lowest BCUT2D eigenvalue weighted by atomic mass is 9.80. The number of amides is 2. The largest absolute Gasteiger partial charge is 0.339 e. The number of benzene rings is 1. The quantitative estimate of drug-likeness (QED) is 0.702. The highest BCUT2D eigenvalue weighted by Gasteiger charge is 2.50. The number of carbonyl (C=O) groups is 2. The van der Waals surface area contributed by atoms with Crippen LogP contribution >= 0.6 is 0 Å². The van der Waals surface area contributed by atoms with Crippen LogP contribution < -0.4 is 0 Å². The predicted octanol–water partition coefficient (Wildman–Crippen LogP) is 2.79. The van der Waals surface area contributed by atoms with Crippen LogP contribution in [0.25, 0.3) is 0 Å². The molecule has 0 N–H and O–H groups in total. The number of piperidine rings is 1. The van der Waals surface area contributed by atoms with Gasteiger partial charge in [0.1, 0.15) is 0 Å². The van der Waals surface area contributed by atoms with Crippen molar-refractivity contribution in [1.82, 2.24) is 19.6 Å². The zero-order valence-corrected chi connectivity index (χ0v) is 19.5. The number of hydrogen-bond acceptors (Lipinski definition) is 4. The molecule has 1 aromatic carbocycles. The van der Waals surface area contributed by atoms with E-state index >= 15 is 0 Å². The molecular weight excluding hydrogens is 388 g/mol. The highest BCUT2D eigenvalue weighted by molar-refractivity contribution is 6.00. The second-order valence-electron chi connectivity index (χ2n) is 9.46. The first-order chi connectivity index (χ1) is 15.0. The van der Waals surface area contributed by atoms with E-state index in [1.165, 1.54) is 18.4 Å². The molecular formula is C25H38N4O2. The first-order valence-corrected chi connectivity index (χ1v) is 12.2. The maximum atomic E-state index is 13.0. The molecule has 0 aromatic heterocycles.